The van der Waals surface area contributed by atoms with Gasteiger partial charge in [0.15, 0.2) is 8.32 Å². The fraction of sp³-hybridized carbons (Fsp3) is 0.688. The molecule has 2 aromatic rings. The molecule has 5 nitrogen and oxygen atoms in total. The first-order valence-corrected chi connectivity index (χ1v) is 17.8. The third-order valence-electron chi connectivity index (χ3n) is 9.62. The summed E-state index contributed by atoms with van der Waals surface area (Å²) >= 11 is 0. The molecule has 1 spiro atoms. The number of nitrogens with zero attached hydrogens (tertiary/aromatic N) is 2. The van der Waals surface area contributed by atoms with Crippen LogP contribution in [0.2, 0.25) is 18.1 Å². The second-order valence-electron chi connectivity index (χ2n) is 14.8. The Morgan fingerprint density at radius 1 is 1.05 bits per heavy atom. The Hall–Kier alpha value is -1.81. The van der Waals surface area contributed by atoms with E-state index in [4.69, 9.17) is 18.9 Å². The van der Waals surface area contributed by atoms with Crippen LogP contribution >= 0.6 is 0 Å². The zero-order valence-electron chi connectivity index (χ0n) is 26.0. The van der Waals surface area contributed by atoms with E-state index < -0.39 is 31.9 Å². The third kappa shape index (κ3) is 5.52. The molecule has 1 saturated heterocycles. The summed E-state index contributed by atoms with van der Waals surface area (Å²) in [6.07, 6.45) is -0.803. The topological polar surface area (TPSA) is 53.5 Å². The number of hydrogen-bond donors (Lipinski definition) is 0. The summed E-state index contributed by atoms with van der Waals surface area (Å²) in [7, 11) is -2.17. The number of fused-ring (bicyclic) bond motifs is 4. The largest absolute Gasteiger partial charge is 0.433 e. The van der Waals surface area contributed by atoms with E-state index in [-0.39, 0.29) is 22.5 Å². The predicted molar refractivity (Wildman–Crippen MR) is 155 cm³/mol. The molecule has 0 saturated carbocycles. The van der Waals surface area contributed by atoms with Gasteiger partial charge in [-0.05, 0) is 53.9 Å². The van der Waals surface area contributed by atoms with Crippen molar-refractivity contribution in [2.24, 2.45) is 5.41 Å². The van der Waals surface area contributed by atoms with Gasteiger partial charge in [-0.25, -0.2) is 0 Å². The van der Waals surface area contributed by atoms with Gasteiger partial charge in [-0.3, -0.25) is 9.97 Å². The van der Waals surface area contributed by atoms with Crippen LogP contribution in [-0.2, 0) is 32.1 Å². The number of hydrogen-bond acceptors (Lipinski definition) is 5. The molecule has 3 aliphatic rings. The Kier molecular flexibility index (Phi) is 7.57. The molecule has 5 rings (SSSR count). The van der Waals surface area contributed by atoms with Crippen molar-refractivity contribution in [3.05, 3.63) is 57.7 Å². The average Bonchev–Trinajstić information content (AvgIpc) is 3.15. The molecule has 4 heterocycles. The molecule has 0 bridgehead atoms. The van der Waals surface area contributed by atoms with Crippen LogP contribution in [0.25, 0.3) is 0 Å². The third-order valence-corrected chi connectivity index (χ3v) is 14.1. The Morgan fingerprint density at radius 2 is 1.71 bits per heavy atom. The summed E-state index contributed by atoms with van der Waals surface area (Å²) in [6, 6.07) is 2.57. The number of alkyl halides is 3. The molecule has 2 aromatic heterocycles. The van der Waals surface area contributed by atoms with E-state index in [0.29, 0.717) is 31.6 Å². The molecule has 2 atom stereocenters. The van der Waals surface area contributed by atoms with Crippen molar-refractivity contribution in [3.8, 4) is 0 Å². The fourth-order valence-electron chi connectivity index (χ4n) is 6.50. The van der Waals surface area contributed by atoms with Gasteiger partial charge < -0.3 is 13.9 Å². The number of halogens is 3. The van der Waals surface area contributed by atoms with Crippen LogP contribution < -0.4 is 0 Å². The maximum absolute atomic E-state index is 13.4. The molecular weight excluding hydrogens is 545 g/mol. The molecule has 9 heteroatoms. The lowest BCUT2D eigenvalue weighted by Crippen LogP contribution is -2.45. The van der Waals surface area contributed by atoms with Crippen LogP contribution in [0.4, 0.5) is 13.2 Å². The van der Waals surface area contributed by atoms with Crippen molar-refractivity contribution in [2.75, 3.05) is 13.2 Å². The molecule has 0 unspecified atom stereocenters. The van der Waals surface area contributed by atoms with Gasteiger partial charge in [-0.1, -0.05) is 54.5 Å². The Balaban J connectivity index is 1.76. The first-order chi connectivity index (χ1) is 18.9. The first kappa shape index (κ1) is 30.6. The minimum Gasteiger partial charge on any atom is -0.410 e. The lowest BCUT2D eigenvalue weighted by molar-refractivity contribution is -0.141. The fourth-order valence-corrected chi connectivity index (χ4v) is 7.76. The summed E-state index contributed by atoms with van der Waals surface area (Å²) in [4.78, 5) is 9.16. The molecule has 1 aliphatic carbocycles. The Labute approximate surface area is 243 Å². The molecule has 41 heavy (non-hydrogen) atoms. The van der Waals surface area contributed by atoms with Crippen LogP contribution in [0, 0.1) is 5.41 Å². The average molecular weight is 591 g/mol. The Bertz CT molecular complexity index is 1290. The predicted octanol–water partition coefficient (Wildman–Crippen LogP) is 8.78. The van der Waals surface area contributed by atoms with Gasteiger partial charge >= 0.3 is 6.18 Å². The number of pyridine rings is 2. The standard InChI is InChI=1S/C32H45F3N2O3Si/c1-19(2)27-25-26(24-21(37-27)16-30(6,7)17-22(24)40-41(8,9)29(3,4)5)31(12-14-38-15-13-31)39-28(25)20-10-11-23(36-18-20)32(33,34)35/h10-11,18-19,22,28H,12-17H2,1-9H3/t22-,28+/m0/s1. The van der Waals surface area contributed by atoms with Crippen molar-refractivity contribution >= 4 is 8.32 Å². The van der Waals surface area contributed by atoms with Crippen LogP contribution in [0.5, 0.6) is 0 Å². The maximum Gasteiger partial charge on any atom is 0.433 e. The van der Waals surface area contributed by atoms with Gasteiger partial charge in [0, 0.05) is 60.3 Å². The highest BCUT2D eigenvalue weighted by molar-refractivity contribution is 6.74. The molecule has 0 aromatic carbocycles. The highest BCUT2D eigenvalue weighted by atomic mass is 28.4. The monoisotopic (exact) mass is 590 g/mol. The minimum atomic E-state index is -4.50. The van der Waals surface area contributed by atoms with Crippen molar-refractivity contribution in [1.29, 1.82) is 0 Å². The molecule has 0 N–H and O–H groups in total. The summed E-state index contributed by atoms with van der Waals surface area (Å²) in [6.45, 7) is 21.3. The molecule has 2 aliphatic heterocycles. The van der Waals surface area contributed by atoms with E-state index >= 15 is 0 Å². The highest BCUT2D eigenvalue weighted by Gasteiger charge is 2.53. The van der Waals surface area contributed by atoms with Crippen molar-refractivity contribution in [3.63, 3.8) is 0 Å². The van der Waals surface area contributed by atoms with E-state index in [1.54, 1.807) is 0 Å². The second-order valence-corrected chi connectivity index (χ2v) is 19.5. The van der Waals surface area contributed by atoms with Gasteiger partial charge in [-0.2, -0.15) is 13.2 Å². The van der Waals surface area contributed by atoms with E-state index in [0.717, 1.165) is 47.0 Å². The zero-order valence-corrected chi connectivity index (χ0v) is 27.0. The van der Waals surface area contributed by atoms with Gasteiger partial charge in [0.25, 0.3) is 0 Å². The zero-order chi connectivity index (χ0) is 30.2. The molecule has 226 valence electrons. The lowest BCUT2D eigenvalue weighted by Gasteiger charge is -2.46. The van der Waals surface area contributed by atoms with Crippen LogP contribution in [-0.4, -0.2) is 31.5 Å². The van der Waals surface area contributed by atoms with Crippen molar-refractivity contribution < 1.29 is 27.1 Å². The van der Waals surface area contributed by atoms with Crippen molar-refractivity contribution in [2.45, 2.75) is 122 Å². The molecule has 1 fully saturated rings. The second kappa shape index (κ2) is 10.1. The van der Waals surface area contributed by atoms with Gasteiger partial charge in [0.2, 0.25) is 0 Å². The van der Waals surface area contributed by atoms with Gasteiger partial charge in [0.1, 0.15) is 11.8 Å². The first-order valence-electron chi connectivity index (χ1n) is 14.9. The van der Waals surface area contributed by atoms with Crippen LogP contribution in [0.3, 0.4) is 0 Å². The van der Waals surface area contributed by atoms with E-state index in [1.807, 2.05) is 0 Å². The van der Waals surface area contributed by atoms with E-state index in [1.165, 1.54) is 12.3 Å². The van der Waals surface area contributed by atoms with Crippen LogP contribution in [0.1, 0.15) is 125 Å². The molecular formula is C32H45F3N2O3Si. The van der Waals surface area contributed by atoms with Gasteiger partial charge in [-0.15, -0.1) is 0 Å². The van der Waals surface area contributed by atoms with Crippen molar-refractivity contribution in [1.82, 2.24) is 9.97 Å². The number of ether oxygens (including phenoxy) is 2. The summed E-state index contributed by atoms with van der Waals surface area (Å²) < 4.78 is 60.2. The van der Waals surface area contributed by atoms with E-state index in [2.05, 4.69) is 66.5 Å². The number of aromatic nitrogens is 2. The quantitative estimate of drug-likeness (QED) is 0.333. The maximum atomic E-state index is 13.4. The molecule has 0 radical (unpaired) electrons. The summed E-state index contributed by atoms with van der Waals surface area (Å²) in [5, 5.41) is 0.0323. The number of rotatable bonds is 4. The highest BCUT2D eigenvalue weighted by Crippen LogP contribution is 2.59. The SMILES string of the molecule is CC(C)c1nc2c(c3c1[C@@H](c1ccc(C(F)(F)F)nc1)OC31CCOCC1)[C@@H](O[Si](C)(C)C(C)(C)C)CC(C)(C)C2. The Morgan fingerprint density at radius 3 is 2.24 bits per heavy atom. The minimum absolute atomic E-state index is 0.00850. The smallest absolute Gasteiger partial charge is 0.410 e. The molecule has 0 amide bonds. The summed E-state index contributed by atoms with van der Waals surface area (Å²) in [5.74, 6) is 0.0994. The lowest BCUT2D eigenvalue weighted by atomic mass is 9.70. The van der Waals surface area contributed by atoms with Crippen LogP contribution in [0.15, 0.2) is 18.3 Å². The summed E-state index contributed by atoms with van der Waals surface area (Å²) in [5.41, 5.74) is 4.43. The van der Waals surface area contributed by atoms with E-state index in [9.17, 15) is 13.2 Å². The normalized spacial score (nSPS) is 24.0. The van der Waals surface area contributed by atoms with Gasteiger partial charge in [0.05, 0.1) is 11.7 Å².